The highest BCUT2D eigenvalue weighted by molar-refractivity contribution is 7.80. The van der Waals surface area contributed by atoms with Gasteiger partial charge in [0, 0.05) is 36.7 Å². The van der Waals surface area contributed by atoms with Gasteiger partial charge in [-0.15, -0.1) is 0 Å². The van der Waals surface area contributed by atoms with E-state index < -0.39 is 0 Å². The molecule has 0 saturated heterocycles. The maximum atomic E-state index is 4.33. The summed E-state index contributed by atoms with van der Waals surface area (Å²) >= 11 is 8.65. The van der Waals surface area contributed by atoms with Crippen molar-refractivity contribution in [3.63, 3.8) is 0 Å². The summed E-state index contributed by atoms with van der Waals surface area (Å²) in [4.78, 5) is 0. The Balaban J connectivity index is 3.66. The average molecular weight is 251 g/mol. The summed E-state index contributed by atoms with van der Waals surface area (Å²) in [5, 5.41) is 10.2. The predicted octanol–water partition coefficient (Wildman–Crippen LogP) is 0.392. The van der Waals surface area contributed by atoms with Gasteiger partial charge in [0.2, 0.25) is 0 Å². The normalized spacial score (nSPS) is 15.2. The summed E-state index contributed by atoms with van der Waals surface area (Å²) < 4.78 is 0. The highest BCUT2D eigenvalue weighted by atomic mass is 32.1. The fraction of sp³-hybridized carbons (Fsp3) is 1.00. The maximum Gasteiger partial charge on any atom is 0.0281 e. The Bertz CT molecular complexity index is 136. The van der Waals surface area contributed by atoms with Crippen LogP contribution in [0.2, 0.25) is 0 Å². The van der Waals surface area contributed by atoms with E-state index in [0.29, 0.717) is 12.1 Å². The lowest BCUT2D eigenvalue weighted by Gasteiger charge is -2.21. The molecule has 0 bridgehead atoms. The van der Waals surface area contributed by atoms with Crippen molar-refractivity contribution >= 4 is 25.3 Å². The van der Waals surface area contributed by atoms with Crippen LogP contribution >= 0.6 is 25.3 Å². The van der Waals surface area contributed by atoms with Gasteiger partial charge in [0.25, 0.3) is 0 Å². The van der Waals surface area contributed by atoms with Crippen LogP contribution in [0.1, 0.15) is 13.8 Å². The lowest BCUT2D eigenvalue weighted by molar-refractivity contribution is 0.461. The minimum Gasteiger partial charge on any atom is -0.315 e. The first-order valence-corrected chi connectivity index (χ1v) is 6.94. The second-order valence-corrected chi connectivity index (χ2v) is 4.26. The van der Waals surface area contributed by atoms with Crippen LogP contribution in [-0.4, -0.2) is 49.8 Å². The van der Waals surface area contributed by atoms with Gasteiger partial charge in [-0.05, 0) is 13.1 Å². The van der Waals surface area contributed by atoms with E-state index in [-0.39, 0.29) is 0 Å². The van der Waals surface area contributed by atoms with Crippen LogP contribution in [0.4, 0.5) is 0 Å². The quantitative estimate of drug-likeness (QED) is 0.365. The zero-order valence-electron chi connectivity index (χ0n) is 9.79. The summed E-state index contributed by atoms with van der Waals surface area (Å²) in [5.74, 6) is 1.72. The van der Waals surface area contributed by atoms with Crippen molar-refractivity contribution in [3.8, 4) is 0 Å². The Morgan fingerprint density at radius 1 is 0.867 bits per heavy atom. The number of hydrogen-bond acceptors (Lipinski definition) is 5. The molecule has 5 heteroatoms. The molecule has 0 unspecified atom stereocenters. The molecule has 0 amide bonds. The Morgan fingerprint density at radius 3 is 1.93 bits per heavy atom. The molecule has 15 heavy (non-hydrogen) atoms. The molecular formula is C10H25N3S2. The van der Waals surface area contributed by atoms with E-state index in [1.807, 2.05) is 0 Å². The average Bonchev–Trinajstić information content (AvgIpc) is 2.27. The summed E-state index contributed by atoms with van der Waals surface area (Å²) in [6.45, 7) is 8.16. The first kappa shape index (κ1) is 15.6. The smallest absolute Gasteiger partial charge is 0.0281 e. The molecule has 3 nitrogen and oxygen atoms in total. The molecule has 0 aliphatic rings. The zero-order valence-corrected chi connectivity index (χ0v) is 11.6. The summed E-state index contributed by atoms with van der Waals surface area (Å²) in [7, 11) is 0. The number of likely N-dealkylation sites (N-methyl/N-ethyl adjacent to an activating group) is 2. The standard InChI is InChI=1S/C10H25N3S2/c1-3-11-5-9(7-14)13-6-10(8-15)12-4-2/h9-15H,3-8H2,1-2H3/t9-,10+/m0/s1. The number of thiol groups is 2. The SMILES string of the molecule is CCNC[C@@H](CS)NC[C@H](CS)NCC. The van der Waals surface area contributed by atoms with Crippen LogP contribution in [0.25, 0.3) is 0 Å². The van der Waals surface area contributed by atoms with Gasteiger partial charge in [0.05, 0.1) is 0 Å². The van der Waals surface area contributed by atoms with E-state index in [9.17, 15) is 0 Å². The van der Waals surface area contributed by atoms with Crippen LogP contribution in [0.5, 0.6) is 0 Å². The molecule has 92 valence electrons. The van der Waals surface area contributed by atoms with Crippen molar-refractivity contribution in [1.82, 2.24) is 16.0 Å². The second-order valence-electron chi connectivity index (χ2n) is 3.53. The van der Waals surface area contributed by atoms with Crippen molar-refractivity contribution in [2.45, 2.75) is 25.9 Å². The van der Waals surface area contributed by atoms with Gasteiger partial charge >= 0.3 is 0 Å². The third kappa shape index (κ3) is 8.39. The molecule has 0 aliphatic carbocycles. The first-order chi connectivity index (χ1) is 7.28. The molecule has 2 atom stereocenters. The van der Waals surface area contributed by atoms with Crippen molar-refractivity contribution in [3.05, 3.63) is 0 Å². The largest absolute Gasteiger partial charge is 0.315 e. The van der Waals surface area contributed by atoms with Gasteiger partial charge in [-0.2, -0.15) is 25.3 Å². The van der Waals surface area contributed by atoms with Crippen LogP contribution in [-0.2, 0) is 0 Å². The summed E-state index contributed by atoms with van der Waals surface area (Å²) in [6.07, 6.45) is 0. The van der Waals surface area contributed by atoms with E-state index in [1.165, 1.54) is 0 Å². The summed E-state index contributed by atoms with van der Waals surface area (Å²) in [6, 6.07) is 0.886. The summed E-state index contributed by atoms with van der Waals surface area (Å²) in [5.41, 5.74) is 0. The van der Waals surface area contributed by atoms with Gasteiger partial charge in [-0.1, -0.05) is 13.8 Å². The van der Waals surface area contributed by atoms with Crippen LogP contribution < -0.4 is 16.0 Å². The molecule has 0 fully saturated rings. The van der Waals surface area contributed by atoms with Crippen LogP contribution in [0, 0.1) is 0 Å². The van der Waals surface area contributed by atoms with Crippen LogP contribution in [0.15, 0.2) is 0 Å². The lowest BCUT2D eigenvalue weighted by atomic mass is 10.2. The van der Waals surface area contributed by atoms with Crippen molar-refractivity contribution < 1.29 is 0 Å². The second kappa shape index (κ2) is 11.1. The van der Waals surface area contributed by atoms with Gasteiger partial charge < -0.3 is 16.0 Å². The molecule has 0 rings (SSSR count). The Morgan fingerprint density at radius 2 is 1.47 bits per heavy atom. The molecule has 0 heterocycles. The fourth-order valence-electron chi connectivity index (χ4n) is 1.32. The minimum absolute atomic E-state index is 0.439. The molecule has 0 aromatic heterocycles. The van der Waals surface area contributed by atoms with Crippen LogP contribution in [0.3, 0.4) is 0 Å². The fourth-order valence-corrected chi connectivity index (χ4v) is 1.84. The van der Waals surface area contributed by atoms with Gasteiger partial charge in [0.1, 0.15) is 0 Å². The molecule has 0 saturated carbocycles. The molecule has 0 aliphatic heterocycles. The molecule has 0 aromatic carbocycles. The van der Waals surface area contributed by atoms with Crippen molar-refractivity contribution in [1.29, 1.82) is 0 Å². The van der Waals surface area contributed by atoms with E-state index in [1.54, 1.807) is 0 Å². The first-order valence-electron chi connectivity index (χ1n) is 5.67. The Kier molecular flexibility index (Phi) is 11.5. The third-order valence-electron chi connectivity index (χ3n) is 2.23. The number of hydrogen-bond donors (Lipinski definition) is 5. The highest BCUT2D eigenvalue weighted by Gasteiger charge is 2.09. The van der Waals surface area contributed by atoms with Gasteiger partial charge in [-0.25, -0.2) is 0 Å². The maximum absolute atomic E-state index is 4.33. The monoisotopic (exact) mass is 251 g/mol. The van der Waals surface area contributed by atoms with Crippen molar-refractivity contribution in [2.24, 2.45) is 0 Å². The zero-order chi connectivity index (χ0) is 11.5. The van der Waals surface area contributed by atoms with E-state index in [0.717, 1.165) is 37.7 Å². The predicted molar refractivity (Wildman–Crippen MR) is 75.5 cm³/mol. The molecule has 0 spiro atoms. The Hall–Kier alpha value is 0.580. The minimum atomic E-state index is 0.439. The van der Waals surface area contributed by atoms with E-state index in [2.05, 4.69) is 55.1 Å². The van der Waals surface area contributed by atoms with E-state index in [4.69, 9.17) is 0 Å². The van der Waals surface area contributed by atoms with Gasteiger partial charge in [-0.3, -0.25) is 0 Å². The van der Waals surface area contributed by atoms with E-state index >= 15 is 0 Å². The molecule has 0 aromatic rings. The van der Waals surface area contributed by atoms with Crippen molar-refractivity contribution in [2.75, 3.05) is 37.7 Å². The lowest BCUT2D eigenvalue weighted by Crippen LogP contribution is -2.47. The third-order valence-corrected chi connectivity index (χ3v) is 3.11. The molecule has 0 radical (unpaired) electrons. The number of nitrogens with one attached hydrogen (secondary N) is 3. The molecular weight excluding hydrogens is 226 g/mol. The number of rotatable bonds is 10. The molecule has 3 N–H and O–H groups in total. The Labute approximate surface area is 105 Å². The topological polar surface area (TPSA) is 36.1 Å². The highest BCUT2D eigenvalue weighted by Crippen LogP contribution is 1.90. The van der Waals surface area contributed by atoms with Gasteiger partial charge in [0.15, 0.2) is 0 Å².